The molecule has 2 aromatic carbocycles. The van der Waals surface area contributed by atoms with Crippen LogP contribution in [0.15, 0.2) is 52.3 Å². The lowest BCUT2D eigenvalue weighted by Crippen LogP contribution is -2.56. The number of amides is 3. The summed E-state index contributed by atoms with van der Waals surface area (Å²) in [4.78, 5) is 41.4. The van der Waals surface area contributed by atoms with E-state index in [1.54, 1.807) is 11.8 Å². The standard InChI is InChI=1S/C30H40N4O6S/c1-5-8-21(28(36)34-24(15-18(2)3)29(37)33-22-13-14-39-30(22)38-4)32-27(35)17-40-19-11-12-26-23(16-19)31-20-9-6-7-10-25(20)41-26/h6-7,9-12,16,18,21-22,24,30-31H,5,8,13-15,17H2,1-4H3,(H,32,35)(H,33,37)(H,34,36)/t21-,22-,24-,30?/m0/s1. The molecule has 2 aliphatic rings. The Morgan fingerprint density at radius 2 is 1.83 bits per heavy atom. The lowest BCUT2D eigenvalue weighted by Gasteiger charge is -2.26. The van der Waals surface area contributed by atoms with E-state index >= 15 is 0 Å². The Bertz CT molecular complexity index is 1230. The molecule has 222 valence electrons. The Kier molecular flexibility index (Phi) is 10.9. The van der Waals surface area contributed by atoms with Gasteiger partial charge in [-0.2, -0.15) is 0 Å². The highest BCUT2D eigenvalue weighted by Crippen LogP contribution is 2.45. The van der Waals surface area contributed by atoms with Crippen LogP contribution in [0, 0.1) is 5.92 Å². The fourth-order valence-electron chi connectivity index (χ4n) is 4.84. The summed E-state index contributed by atoms with van der Waals surface area (Å²) in [5.41, 5.74) is 1.93. The number of methoxy groups -OCH3 is 1. The number of rotatable bonds is 13. The van der Waals surface area contributed by atoms with Crippen LogP contribution >= 0.6 is 11.8 Å². The average molecular weight is 585 g/mol. The summed E-state index contributed by atoms with van der Waals surface area (Å²) in [5, 5.41) is 12.0. The Balaban J connectivity index is 1.32. The van der Waals surface area contributed by atoms with E-state index < -0.39 is 30.2 Å². The van der Waals surface area contributed by atoms with Crippen molar-refractivity contribution in [2.45, 2.75) is 80.7 Å². The Labute approximate surface area is 245 Å². The third-order valence-electron chi connectivity index (χ3n) is 6.87. The van der Waals surface area contributed by atoms with Crippen molar-refractivity contribution in [1.82, 2.24) is 16.0 Å². The van der Waals surface area contributed by atoms with Crippen LogP contribution in [-0.4, -0.2) is 62.5 Å². The third-order valence-corrected chi connectivity index (χ3v) is 8.02. The molecule has 3 amide bonds. The largest absolute Gasteiger partial charge is 0.484 e. The monoisotopic (exact) mass is 584 g/mol. The van der Waals surface area contributed by atoms with E-state index in [2.05, 4.69) is 27.3 Å². The molecule has 2 heterocycles. The van der Waals surface area contributed by atoms with Gasteiger partial charge in [0.15, 0.2) is 12.9 Å². The van der Waals surface area contributed by atoms with E-state index in [1.807, 2.05) is 57.2 Å². The molecule has 1 saturated heterocycles. The van der Waals surface area contributed by atoms with Gasteiger partial charge in [0.05, 0.1) is 24.0 Å². The molecule has 0 radical (unpaired) electrons. The van der Waals surface area contributed by atoms with Crippen LogP contribution in [0.5, 0.6) is 5.75 Å². The molecule has 0 bridgehead atoms. The lowest BCUT2D eigenvalue weighted by molar-refractivity contribution is -0.135. The van der Waals surface area contributed by atoms with Crippen LogP contribution in [0.4, 0.5) is 11.4 Å². The average Bonchev–Trinajstić information content (AvgIpc) is 3.41. The Hall–Kier alpha value is -3.28. The Morgan fingerprint density at radius 3 is 2.59 bits per heavy atom. The first-order valence-corrected chi connectivity index (χ1v) is 14.9. The van der Waals surface area contributed by atoms with Gasteiger partial charge in [-0.1, -0.05) is 51.1 Å². The number of fused-ring (bicyclic) bond motifs is 2. The van der Waals surface area contributed by atoms with Crippen molar-refractivity contribution in [2.24, 2.45) is 5.92 Å². The van der Waals surface area contributed by atoms with Gasteiger partial charge in [0.1, 0.15) is 17.8 Å². The molecule has 2 aliphatic heterocycles. The van der Waals surface area contributed by atoms with E-state index in [0.717, 1.165) is 21.2 Å². The minimum Gasteiger partial charge on any atom is -0.484 e. The number of hydrogen-bond acceptors (Lipinski definition) is 8. The molecule has 0 aliphatic carbocycles. The summed E-state index contributed by atoms with van der Waals surface area (Å²) in [6.45, 7) is 6.15. The van der Waals surface area contributed by atoms with Crippen LogP contribution < -0.4 is 26.0 Å². The highest BCUT2D eigenvalue weighted by Gasteiger charge is 2.33. The zero-order chi connectivity index (χ0) is 29.4. The minimum atomic E-state index is -0.793. The smallest absolute Gasteiger partial charge is 0.258 e. The van der Waals surface area contributed by atoms with E-state index in [4.69, 9.17) is 14.2 Å². The maximum Gasteiger partial charge on any atom is 0.258 e. The number of hydrogen-bond donors (Lipinski definition) is 4. The summed E-state index contributed by atoms with van der Waals surface area (Å²) in [6, 6.07) is 11.9. The highest BCUT2D eigenvalue weighted by atomic mass is 32.2. The molecule has 4 N–H and O–H groups in total. The molecule has 1 unspecified atom stereocenters. The zero-order valence-electron chi connectivity index (χ0n) is 24.0. The molecule has 1 fully saturated rings. The van der Waals surface area contributed by atoms with Gasteiger partial charge in [-0.15, -0.1) is 0 Å². The number of ether oxygens (including phenoxy) is 3. The minimum absolute atomic E-state index is 0.162. The van der Waals surface area contributed by atoms with Crippen molar-refractivity contribution in [1.29, 1.82) is 0 Å². The summed E-state index contributed by atoms with van der Waals surface area (Å²) < 4.78 is 16.5. The van der Waals surface area contributed by atoms with Crippen LogP contribution in [-0.2, 0) is 23.9 Å². The lowest BCUT2D eigenvalue weighted by atomic mass is 10.0. The van der Waals surface area contributed by atoms with E-state index in [1.165, 1.54) is 7.11 Å². The first-order valence-electron chi connectivity index (χ1n) is 14.1. The summed E-state index contributed by atoms with van der Waals surface area (Å²) in [6.07, 6.45) is 1.67. The number of carbonyl (C=O) groups is 3. The third kappa shape index (κ3) is 8.37. The van der Waals surface area contributed by atoms with Crippen LogP contribution in [0.3, 0.4) is 0 Å². The van der Waals surface area contributed by atoms with Gasteiger partial charge in [0.2, 0.25) is 11.8 Å². The maximum absolute atomic E-state index is 13.3. The molecule has 4 rings (SSSR count). The van der Waals surface area contributed by atoms with Gasteiger partial charge in [-0.3, -0.25) is 14.4 Å². The van der Waals surface area contributed by atoms with Crippen LogP contribution in [0.25, 0.3) is 0 Å². The van der Waals surface area contributed by atoms with Gasteiger partial charge >= 0.3 is 0 Å². The topological polar surface area (TPSA) is 127 Å². The highest BCUT2D eigenvalue weighted by molar-refractivity contribution is 7.99. The van der Waals surface area contributed by atoms with Crippen molar-refractivity contribution in [3.63, 3.8) is 0 Å². The molecule has 10 nitrogen and oxygen atoms in total. The maximum atomic E-state index is 13.3. The number of carbonyl (C=O) groups excluding carboxylic acids is 3. The fraction of sp³-hybridized carbons (Fsp3) is 0.500. The second kappa shape index (κ2) is 14.6. The molecule has 41 heavy (non-hydrogen) atoms. The Morgan fingerprint density at radius 1 is 1.05 bits per heavy atom. The SMILES string of the molecule is CCC[C@H](NC(=O)COc1ccc2c(c1)Nc1ccccc1S2)C(=O)N[C@@H](CC(C)C)C(=O)N[C@H]1CCOC1OC. The normalized spacial score (nSPS) is 18.9. The van der Waals surface area contributed by atoms with E-state index in [0.29, 0.717) is 38.0 Å². The first-order chi connectivity index (χ1) is 19.8. The van der Waals surface area contributed by atoms with Gasteiger partial charge in [-0.05, 0) is 49.4 Å². The van der Waals surface area contributed by atoms with E-state index in [-0.39, 0.29) is 24.5 Å². The van der Waals surface area contributed by atoms with Crippen molar-refractivity contribution in [2.75, 3.05) is 25.6 Å². The van der Waals surface area contributed by atoms with Crippen molar-refractivity contribution in [3.05, 3.63) is 42.5 Å². The van der Waals surface area contributed by atoms with E-state index in [9.17, 15) is 14.4 Å². The second-order valence-electron chi connectivity index (χ2n) is 10.6. The van der Waals surface area contributed by atoms with Crippen molar-refractivity contribution >= 4 is 40.9 Å². The second-order valence-corrected chi connectivity index (χ2v) is 11.7. The summed E-state index contributed by atoms with van der Waals surface area (Å²) in [5.74, 6) is -0.409. The summed E-state index contributed by atoms with van der Waals surface area (Å²) in [7, 11) is 1.53. The van der Waals surface area contributed by atoms with Crippen LogP contribution in [0.1, 0.15) is 46.5 Å². The molecule has 0 spiro atoms. The van der Waals surface area contributed by atoms with Crippen molar-refractivity contribution < 1.29 is 28.6 Å². The predicted molar refractivity (Wildman–Crippen MR) is 157 cm³/mol. The number of nitrogens with one attached hydrogen (secondary N) is 4. The molecular weight excluding hydrogens is 544 g/mol. The molecular formula is C30H40N4O6S. The number of para-hydroxylation sites is 1. The van der Waals surface area contributed by atoms with Crippen LogP contribution in [0.2, 0.25) is 0 Å². The number of anilines is 2. The molecule has 11 heteroatoms. The predicted octanol–water partition coefficient (Wildman–Crippen LogP) is 3.97. The van der Waals surface area contributed by atoms with Crippen molar-refractivity contribution in [3.8, 4) is 5.75 Å². The zero-order valence-corrected chi connectivity index (χ0v) is 24.8. The molecule has 0 aromatic heterocycles. The first kappa shape index (κ1) is 30.7. The van der Waals surface area contributed by atoms with Gasteiger partial charge < -0.3 is 35.5 Å². The fourth-order valence-corrected chi connectivity index (χ4v) is 5.81. The molecule has 2 aromatic rings. The number of benzene rings is 2. The molecule has 0 saturated carbocycles. The van der Waals surface area contributed by atoms with Gasteiger partial charge in [-0.25, -0.2) is 0 Å². The molecule has 4 atom stereocenters. The van der Waals surface area contributed by atoms with Gasteiger partial charge in [0, 0.05) is 23.0 Å². The summed E-state index contributed by atoms with van der Waals surface area (Å²) >= 11 is 1.67. The quantitative estimate of drug-likeness (QED) is 0.238. The van der Waals surface area contributed by atoms with Gasteiger partial charge in [0.25, 0.3) is 5.91 Å².